The van der Waals surface area contributed by atoms with Gasteiger partial charge in [0.2, 0.25) is 5.91 Å². The summed E-state index contributed by atoms with van der Waals surface area (Å²) in [5.41, 5.74) is 3.43. The van der Waals surface area contributed by atoms with E-state index in [2.05, 4.69) is 11.9 Å². The van der Waals surface area contributed by atoms with Gasteiger partial charge in [0.1, 0.15) is 5.69 Å². The monoisotopic (exact) mass is 320 g/mol. The Morgan fingerprint density at radius 3 is 2.70 bits per heavy atom. The van der Waals surface area contributed by atoms with Crippen molar-refractivity contribution in [3.8, 4) is 0 Å². The molecule has 2 heterocycles. The van der Waals surface area contributed by atoms with Gasteiger partial charge in [-0.25, -0.2) is 4.79 Å². The lowest BCUT2D eigenvalue weighted by Gasteiger charge is -2.33. The minimum atomic E-state index is -0.324. The van der Waals surface area contributed by atoms with Crippen LogP contribution in [-0.2, 0) is 16.0 Å². The van der Waals surface area contributed by atoms with Gasteiger partial charge in [-0.1, -0.05) is 0 Å². The van der Waals surface area contributed by atoms with Crippen molar-refractivity contribution in [2.75, 3.05) is 13.2 Å². The number of hydrogen-bond acceptors (Lipinski definition) is 3. The summed E-state index contributed by atoms with van der Waals surface area (Å²) < 4.78 is 5.07. The number of aromatic amines is 1. The molecule has 0 unspecified atom stereocenters. The fourth-order valence-corrected chi connectivity index (χ4v) is 3.42. The first kappa shape index (κ1) is 17.6. The predicted molar refractivity (Wildman–Crippen MR) is 89.6 cm³/mol. The number of amides is 1. The van der Waals surface area contributed by atoms with Crippen molar-refractivity contribution in [2.45, 2.75) is 65.8 Å². The van der Waals surface area contributed by atoms with Crippen molar-refractivity contribution in [1.82, 2.24) is 9.88 Å². The average Bonchev–Trinajstić information content (AvgIpc) is 2.80. The molecule has 1 saturated heterocycles. The predicted octanol–water partition coefficient (Wildman–Crippen LogP) is 3.14. The fourth-order valence-electron chi connectivity index (χ4n) is 3.42. The first-order chi connectivity index (χ1) is 11.0. The van der Waals surface area contributed by atoms with Crippen LogP contribution in [0.5, 0.6) is 0 Å². The number of carbonyl (C=O) groups excluding carboxylic acids is 2. The van der Waals surface area contributed by atoms with E-state index >= 15 is 0 Å². The Balaban J connectivity index is 2.03. The molecule has 0 radical (unpaired) electrons. The van der Waals surface area contributed by atoms with Crippen molar-refractivity contribution in [1.29, 1.82) is 0 Å². The van der Waals surface area contributed by atoms with Crippen molar-refractivity contribution >= 4 is 11.9 Å². The van der Waals surface area contributed by atoms with E-state index in [1.165, 1.54) is 6.42 Å². The van der Waals surface area contributed by atoms with E-state index in [0.29, 0.717) is 31.2 Å². The van der Waals surface area contributed by atoms with Gasteiger partial charge in [-0.2, -0.15) is 0 Å². The Labute approximate surface area is 138 Å². The lowest BCUT2D eigenvalue weighted by atomic mass is 10.0. The van der Waals surface area contributed by atoms with Crippen LogP contribution in [0, 0.1) is 13.8 Å². The highest BCUT2D eigenvalue weighted by Gasteiger charge is 2.24. The van der Waals surface area contributed by atoms with Gasteiger partial charge in [0, 0.05) is 24.7 Å². The number of carbonyl (C=O) groups is 2. The molecule has 1 aromatic rings. The van der Waals surface area contributed by atoms with Crippen LogP contribution in [-0.4, -0.2) is 41.0 Å². The topological polar surface area (TPSA) is 62.4 Å². The van der Waals surface area contributed by atoms with Crippen molar-refractivity contribution in [3.63, 3.8) is 0 Å². The molecule has 5 nitrogen and oxygen atoms in total. The van der Waals surface area contributed by atoms with E-state index in [1.807, 2.05) is 18.7 Å². The van der Waals surface area contributed by atoms with Gasteiger partial charge in [-0.15, -0.1) is 0 Å². The van der Waals surface area contributed by atoms with Crippen LogP contribution in [0.3, 0.4) is 0 Å². The molecule has 1 atom stereocenters. The number of aromatic nitrogens is 1. The molecule has 0 aromatic carbocycles. The Kier molecular flexibility index (Phi) is 5.85. The van der Waals surface area contributed by atoms with Gasteiger partial charge in [-0.05, 0) is 64.5 Å². The number of hydrogen-bond donors (Lipinski definition) is 1. The molecule has 0 spiro atoms. The van der Waals surface area contributed by atoms with Crippen LogP contribution in [0.25, 0.3) is 0 Å². The zero-order valence-corrected chi connectivity index (χ0v) is 14.7. The molecule has 5 heteroatoms. The quantitative estimate of drug-likeness (QED) is 0.848. The van der Waals surface area contributed by atoms with Crippen LogP contribution in [0.1, 0.15) is 66.8 Å². The lowest BCUT2D eigenvalue weighted by Crippen LogP contribution is -2.42. The Bertz CT molecular complexity index is 577. The van der Waals surface area contributed by atoms with Gasteiger partial charge < -0.3 is 14.6 Å². The van der Waals surface area contributed by atoms with E-state index in [0.717, 1.165) is 36.2 Å². The second kappa shape index (κ2) is 7.66. The van der Waals surface area contributed by atoms with E-state index < -0.39 is 0 Å². The molecule has 1 aromatic heterocycles. The molecule has 1 fully saturated rings. The minimum absolute atomic E-state index is 0.217. The fraction of sp³-hybridized carbons (Fsp3) is 0.667. The van der Waals surface area contributed by atoms with E-state index in [4.69, 9.17) is 4.74 Å². The standard InChI is InChI=1S/C18H28N2O3/c1-5-23-18(22)17-13(3)15(14(4)19-17)9-10-16(21)20-11-7-6-8-12(20)2/h12,19H,5-11H2,1-4H3/t12-/m1/s1. The van der Waals surface area contributed by atoms with Crippen LogP contribution in [0.15, 0.2) is 0 Å². The molecular formula is C18H28N2O3. The van der Waals surface area contributed by atoms with E-state index in [-0.39, 0.29) is 11.9 Å². The third-order valence-corrected chi connectivity index (χ3v) is 4.78. The first-order valence-electron chi connectivity index (χ1n) is 8.60. The highest BCUT2D eigenvalue weighted by molar-refractivity contribution is 5.90. The van der Waals surface area contributed by atoms with Gasteiger partial charge in [-0.3, -0.25) is 4.79 Å². The van der Waals surface area contributed by atoms with Crippen LogP contribution < -0.4 is 0 Å². The number of nitrogens with one attached hydrogen (secondary N) is 1. The van der Waals surface area contributed by atoms with Gasteiger partial charge in [0.25, 0.3) is 0 Å². The molecule has 128 valence electrons. The first-order valence-corrected chi connectivity index (χ1v) is 8.60. The normalized spacial score (nSPS) is 18.1. The number of ether oxygens (including phenoxy) is 1. The van der Waals surface area contributed by atoms with E-state index in [1.54, 1.807) is 6.92 Å². The van der Waals surface area contributed by atoms with Crippen LogP contribution >= 0.6 is 0 Å². The molecule has 2 rings (SSSR count). The summed E-state index contributed by atoms with van der Waals surface area (Å²) in [4.78, 5) is 29.5. The molecular weight excluding hydrogens is 292 g/mol. The van der Waals surface area contributed by atoms with Crippen molar-refractivity contribution in [3.05, 3.63) is 22.5 Å². The average molecular weight is 320 g/mol. The third kappa shape index (κ3) is 3.95. The number of likely N-dealkylation sites (tertiary alicyclic amines) is 1. The summed E-state index contributed by atoms with van der Waals surface area (Å²) in [6.45, 7) is 9.01. The van der Waals surface area contributed by atoms with Crippen LogP contribution in [0.4, 0.5) is 0 Å². The molecule has 1 N–H and O–H groups in total. The van der Waals surface area contributed by atoms with Gasteiger partial charge in [0.05, 0.1) is 6.61 Å². The number of nitrogens with zero attached hydrogens (tertiary/aromatic N) is 1. The largest absolute Gasteiger partial charge is 0.461 e. The van der Waals surface area contributed by atoms with Gasteiger partial charge >= 0.3 is 5.97 Å². The van der Waals surface area contributed by atoms with Crippen molar-refractivity contribution in [2.24, 2.45) is 0 Å². The number of H-pyrrole nitrogens is 1. The SMILES string of the molecule is CCOC(=O)c1[nH]c(C)c(CCC(=O)N2CCCC[C@H]2C)c1C. The van der Waals surface area contributed by atoms with Crippen LogP contribution in [0.2, 0.25) is 0 Å². The zero-order valence-electron chi connectivity index (χ0n) is 14.7. The Hall–Kier alpha value is -1.78. The molecule has 0 aliphatic carbocycles. The molecule has 0 bridgehead atoms. The minimum Gasteiger partial charge on any atom is -0.461 e. The Morgan fingerprint density at radius 1 is 1.30 bits per heavy atom. The molecule has 1 aliphatic rings. The Morgan fingerprint density at radius 2 is 2.04 bits per heavy atom. The van der Waals surface area contributed by atoms with Gasteiger partial charge in [0.15, 0.2) is 0 Å². The van der Waals surface area contributed by atoms with Crippen molar-refractivity contribution < 1.29 is 14.3 Å². The summed E-state index contributed by atoms with van der Waals surface area (Å²) >= 11 is 0. The summed E-state index contributed by atoms with van der Waals surface area (Å²) in [6.07, 6.45) is 4.57. The summed E-state index contributed by atoms with van der Waals surface area (Å²) in [5, 5.41) is 0. The number of rotatable bonds is 5. The maximum Gasteiger partial charge on any atom is 0.355 e. The number of esters is 1. The highest BCUT2D eigenvalue weighted by atomic mass is 16.5. The smallest absolute Gasteiger partial charge is 0.355 e. The number of piperidine rings is 1. The maximum atomic E-state index is 12.5. The highest BCUT2D eigenvalue weighted by Crippen LogP contribution is 2.22. The van der Waals surface area contributed by atoms with E-state index in [9.17, 15) is 9.59 Å². The lowest BCUT2D eigenvalue weighted by molar-refractivity contribution is -0.134. The molecule has 1 aliphatic heterocycles. The molecule has 1 amide bonds. The zero-order chi connectivity index (χ0) is 17.0. The second-order valence-electron chi connectivity index (χ2n) is 6.38. The summed E-state index contributed by atoms with van der Waals surface area (Å²) in [7, 11) is 0. The summed E-state index contributed by atoms with van der Waals surface area (Å²) in [5.74, 6) is -0.106. The molecule has 0 saturated carbocycles. The summed E-state index contributed by atoms with van der Waals surface area (Å²) in [6, 6.07) is 0.347. The second-order valence-corrected chi connectivity index (χ2v) is 6.38. The maximum absolute atomic E-state index is 12.5. The number of aryl methyl sites for hydroxylation is 1. The third-order valence-electron chi connectivity index (χ3n) is 4.78. The molecule has 23 heavy (non-hydrogen) atoms.